The number of hydrogen-bond acceptors (Lipinski definition) is 4. The summed E-state index contributed by atoms with van der Waals surface area (Å²) >= 11 is 3.41. The molecule has 0 aliphatic rings. The van der Waals surface area contributed by atoms with Crippen LogP contribution in [-0.2, 0) is 13.5 Å². The van der Waals surface area contributed by atoms with Gasteiger partial charge in [-0.1, -0.05) is 0 Å². The molecule has 0 saturated carbocycles. The molecule has 7 heteroatoms. The highest BCUT2D eigenvalue weighted by Gasteiger charge is 2.04. The molecule has 0 spiro atoms. The van der Waals surface area contributed by atoms with E-state index in [0.717, 1.165) is 28.9 Å². The number of fused-ring (bicyclic) bond motifs is 1. The van der Waals surface area contributed by atoms with Crippen LogP contribution >= 0.6 is 15.9 Å². The van der Waals surface area contributed by atoms with Gasteiger partial charge in [-0.15, -0.1) is 5.10 Å². The molecule has 0 amide bonds. The number of nitrogens with zero attached hydrogens (tertiary/aromatic N) is 5. The van der Waals surface area contributed by atoms with Crippen molar-refractivity contribution in [1.82, 2.24) is 24.1 Å². The summed E-state index contributed by atoms with van der Waals surface area (Å²) in [6.45, 7) is 0.753. The summed E-state index contributed by atoms with van der Waals surface area (Å²) in [5.41, 5.74) is 0.822. The van der Waals surface area contributed by atoms with E-state index in [4.69, 9.17) is 0 Å². The molecule has 19 heavy (non-hydrogen) atoms. The van der Waals surface area contributed by atoms with Crippen molar-refractivity contribution in [2.75, 3.05) is 11.9 Å². The van der Waals surface area contributed by atoms with Gasteiger partial charge in [-0.2, -0.15) is 4.98 Å². The molecular weight excluding hydrogens is 308 g/mol. The molecule has 0 aliphatic carbocycles. The number of anilines is 1. The monoisotopic (exact) mass is 320 g/mol. The molecule has 1 N–H and O–H groups in total. The first kappa shape index (κ1) is 12.2. The lowest BCUT2D eigenvalue weighted by Gasteiger charge is -2.01. The maximum absolute atomic E-state index is 4.39. The molecule has 3 aromatic heterocycles. The minimum Gasteiger partial charge on any atom is -0.352 e. The van der Waals surface area contributed by atoms with Gasteiger partial charge >= 0.3 is 0 Å². The van der Waals surface area contributed by atoms with Gasteiger partial charge in [0.2, 0.25) is 5.95 Å². The maximum Gasteiger partial charge on any atom is 0.243 e. The van der Waals surface area contributed by atoms with Gasteiger partial charge in [0.05, 0.1) is 0 Å². The number of hydrogen-bond donors (Lipinski definition) is 1. The summed E-state index contributed by atoms with van der Waals surface area (Å²) in [4.78, 5) is 8.66. The molecule has 3 aromatic rings. The molecular formula is C12H13BrN6. The predicted octanol–water partition coefficient (Wildman–Crippen LogP) is 1.88. The Kier molecular flexibility index (Phi) is 3.20. The minimum atomic E-state index is 0.632. The first-order chi connectivity index (χ1) is 9.22. The number of halogens is 1. The lowest BCUT2D eigenvalue weighted by Crippen LogP contribution is -2.09. The number of imidazole rings is 1. The number of pyridine rings is 1. The fourth-order valence-corrected chi connectivity index (χ4v) is 2.18. The Bertz CT molecular complexity index is 701. The molecule has 6 nitrogen and oxygen atoms in total. The molecule has 0 fully saturated rings. The van der Waals surface area contributed by atoms with Gasteiger partial charge in [-0.3, -0.25) is 0 Å². The Morgan fingerprint density at radius 1 is 1.37 bits per heavy atom. The van der Waals surface area contributed by atoms with Gasteiger partial charge in [-0.05, 0) is 28.1 Å². The average Bonchev–Trinajstić information content (AvgIpc) is 2.95. The Hall–Kier alpha value is -1.89. The second-order valence-corrected chi connectivity index (χ2v) is 5.13. The third kappa shape index (κ3) is 2.60. The Labute approximate surface area is 118 Å². The summed E-state index contributed by atoms with van der Waals surface area (Å²) in [5.74, 6) is 1.67. The first-order valence-electron chi connectivity index (χ1n) is 5.94. The summed E-state index contributed by atoms with van der Waals surface area (Å²) < 4.78 is 4.73. The maximum atomic E-state index is 4.39. The Morgan fingerprint density at radius 2 is 2.26 bits per heavy atom. The van der Waals surface area contributed by atoms with Crippen LogP contribution in [0.5, 0.6) is 0 Å². The highest BCUT2D eigenvalue weighted by atomic mass is 79.9. The van der Waals surface area contributed by atoms with E-state index in [-0.39, 0.29) is 0 Å². The lowest BCUT2D eigenvalue weighted by atomic mass is 10.4. The number of rotatable bonds is 4. The van der Waals surface area contributed by atoms with Gasteiger partial charge in [0, 0.05) is 43.1 Å². The van der Waals surface area contributed by atoms with E-state index in [1.54, 1.807) is 10.7 Å². The van der Waals surface area contributed by atoms with Crippen LogP contribution in [0.3, 0.4) is 0 Å². The van der Waals surface area contributed by atoms with Crippen LogP contribution < -0.4 is 5.32 Å². The normalized spacial score (nSPS) is 11.1. The number of aromatic nitrogens is 5. The van der Waals surface area contributed by atoms with Crippen LogP contribution in [-0.4, -0.2) is 30.7 Å². The van der Waals surface area contributed by atoms with E-state index in [1.807, 2.05) is 36.1 Å². The zero-order chi connectivity index (χ0) is 13.2. The third-order valence-electron chi connectivity index (χ3n) is 2.85. The Balaban J connectivity index is 1.67. The van der Waals surface area contributed by atoms with E-state index in [0.29, 0.717) is 5.95 Å². The van der Waals surface area contributed by atoms with Crippen molar-refractivity contribution in [2.45, 2.75) is 6.42 Å². The zero-order valence-electron chi connectivity index (χ0n) is 10.4. The third-order valence-corrected chi connectivity index (χ3v) is 3.32. The van der Waals surface area contributed by atoms with E-state index in [2.05, 4.69) is 36.3 Å². The van der Waals surface area contributed by atoms with E-state index < -0.39 is 0 Å². The molecule has 0 bridgehead atoms. The van der Waals surface area contributed by atoms with Crippen LogP contribution in [0.25, 0.3) is 5.65 Å². The Morgan fingerprint density at radius 3 is 3.05 bits per heavy atom. The van der Waals surface area contributed by atoms with Gasteiger partial charge < -0.3 is 9.88 Å². The topological polar surface area (TPSA) is 60.0 Å². The second kappa shape index (κ2) is 5.00. The summed E-state index contributed by atoms with van der Waals surface area (Å²) in [7, 11) is 1.99. The van der Waals surface area contributed by atoms with Crippen LogP contribution in [0, 0.1) is 0 Å². The average molecular weight is 321 g/mol. The van der Waals surface area contributed by atoms with E-state index in [9.17, 15) is 0 Å². The SMILES string of the molecule is Cn1ccnc1CCNc1nc2ccc(Br)cn2n1. The largest absolute Gasteiger partial charge is 0.352 e. The van der Waals surface area contributed by atoms with Crippen LogP contribution in [0.2, 0.25) is 0 Å². The smallest absolute Gasteiger partial charge is 0.243 e. The molecule has 0 radical (unpaired) electrons. The van der Waals surface area contributed by atoms with E-state index in [1.165, 1.54) is 0 Å². The fourth-order valence-electron chi connectivity index (χ4n) is 1.86. The summed E-state index contributed by atoms with van der Waals surface area (Å²) in [5, 5.41) is 7.56. The second-order valence-electron chi connectivity index (χ2n) is 4.22. The fraction of sp³-hybridized carbons (Fsp3) is 0.250. The molecule has 3 heterocycles. The van der Waals surface area contributed by atoms with Crippen molar-refractivity contribution in [3.05, 3.63) is 41.0 Å². The van der Waals surface area contributed by atoms with Crippen molar-refractivity contribution >= 4 is 27.5 Å². The molecule has 0 aromatic carbocycles. The van der Waals surface area contributed by atoms with Crippen molar-refractivity contribution in [3.63, 3.8) is 0 Å². The summed E-state index contributed by atoms with van der Waals surface area (Å²) in [6.07, 6.45) is 6.46. The van der Waals surface area contributed by atoms with Crippen molar-refractivity contribution in [2.24, 2.45) is 7.05 Å². The molecule has 0 aliphatic heterocycles. The van der Waals surface area contributed by atoms with Crippen molar-refractivity contribution in [1.29, 1.82) is 0 Å². The minimum absolute atomic E-state index is 0.632. The molecule has 3 rings (SSSR count). The highest BCUT2D eigenvalue weighted by Crippen LogP contribution is 2.12. The standard InChI is InChI=1S/C12H13BrN6/c1-18-7-6-14-10(18)4-5-15-12-16-11-3-2-9(13)8-19(11)17-12/h2-3,6-8H,4-5H2,1H3,(H,15,17). The molecule has 98 valence electrons. The van der Waals surface area contributed by atoms with Gasteiger partial charge in [0.15, 0.2) is 5.65 Å². The lowest BCUT2D eigenvalue weighted by molar-refractivity contribution is 0.786. The van der Waals surface area contributed by atoms with Gasteiger partial charge in [0.25, 0.3) is 0 Å². The zero-order valence-corrected chi connectivity index (χ0v) is 12.0. The van der Waals surface area contributed by atoms with Gasteiger partial charge in [0.1, 0.15) is 5.82 Å². The van der Waals surface area contributed by atoms with Gasteiger partial charge in [-0.25, -0.2) is 9.50 Å². The predicted molar refractivity (Wildman–Crippen MR) is 76.1 cm³/mol. The first-order valence-corrected chi connectivity index (χ1v) is 6.74. The van der Waals surface area contributed by atoms with Crippen molar-refractivity contribution in [3.8, 4) is 0 Å². The quantitative estimate of drug-likeness (QED) is 0.797. The number of aryl methyl sites for hydroxylation is 1. The number of nitrogens with one attached hydrogen (secondary N) is 1. The van der Waals surface area contributed by atoms with Crippen molar-refractivity contribution < 1.29 is 0 Å². The highest BCUT2D eigenvalue weighted by molar-refractivity contribution is 9.10. The van der Waals surface area contributed by atoms with Crippen LogP contribution in [0.15, 0.2) is 35.2 Å². The molecule has 0 saturated heterocycles. The van der Waals surface area contributed by atoms with E-state index >= 15 is 0 Å². The van der Waals surface area contributed by atoms with Crippen LogP contribution in [0.1, 0.15) is 5.82 Å². The van der Waals surface area contributed by atoms with Crippen LogP contribution in [0.4, 0.5) is 5.95 Å². The summed E-state index contributed by atoms with van der Waals surface area (Å²) in [6, 6.07) is 3.86. The molecule has 0 atom stereocenters. The molecule has 0 unspecified atom stereocenters.